The van der Waals surface area contributed by atoms with Crippen molar-refractivity contribution in [2.24, 2.45) is 0 Å². The van der Waals surface area contributed by atoms with E-state index in [1.807, 2.05) is 37.3 Å². The summed E-state index contributed by atoms with van der Waals surface area (Å²) in [4.78, 5) is 30.9. The number of carbonyl (C=O) groups excluding carboxylic acids is 2. The number of hydrogen-bond donors (Lipinski definition) is 0. The van der Waals surface area contributed by atoms with Gasteiger partial charge in [0, 0.05) is 7.05 Å². The van der Waals surface area contributed by atoms with Crippen LogP contribution in [0.1, 0.15) is 41.1 Å². The van der Waals surface area contributed by atoms with Gasteiger partial charge in [0.05, 0.1) is 22.7 Å². The maximum Gasteiger partial charge on any atom is 0.310 e. The predicted octanol–water partition coefficient (Wildman–Crippen LogP) is 4.09. The fraction of sp³-hybridized carbons (Fsp3) is 0.348. The van der Waals surface area contributed by atoms with Crippen LogP contribution in [0.5, 0.6) is 0 Å². The number of benzene rings is 2. The molecule has 1 aliphatic rings. The van der Waals surface area contributed by atoms with E-state index in [4.69, 9.17) is 4.74 Å². The van der Waals surface area contributed by atoms with Crippen LogP contribution < -0.4 is 0 Å². The van der Waals surface area contributed by atoms with Crippen LogP contribution in [0.25, 0.3) is 10.2 Å². The average Bonchev–Trinajstić information content (AvgIpc) is 3.37. The third kappa shape index (κ3) is 4.32. The molecule has 0 spiro atoms. The Balaban J connectivity index is 1.31. The van der Waals surface area contributed by atoms with Gasteiger partial charge in [0.2, 0.25) is 0 Å². The molecule has 0 bridgehead atoms. The lowest BCUT2D eigenvalue weighted by Crippen LogP contribution is -2.33. The maximum absolute atomic E-state index is 12.5. The fourth-order valence-electron chi connectivity index (χ4n) is 3.65. The summed E-state index contributed by atoms with van der Waals surface area (Å²) in [7, 11) is 1.72. The van der Waals surface area contributed by atoms with E-state index >= 15 is 0 Å². The van der Waals surface area contributed by atoms with Crippen LogP contribution in [0.2, 0.25) is 0 Å². The SMILES string of the molecule is C[C@@H](c1nc2ccccc2s1)N(C)C(=O)COC(=O)Cc1ccc2c(c1)CCC2. The molecule has 29 heavy (non-hydrogen) atoms. The van der Waals surface area contributed by atoms with E-state index in [1.54, 1.807) is 23.3 Å². The second-order valence-electron chi connectivity index (χ2n) is 7.49. The molecule has 1 aliphatic carbocycles. The number of ether oxygens (including phenoxy) is 1. The van der Waals surface area contributed by atoms with Gasteiger partial charge in [-0.1, -0.05) is 30.3 Å². The normalized spacial score (nSPS) is 13.9. The Kier molecular flexibility index (Phi) is 5.62. The first kappa shape index (κ1) is 19.6. The van der Waals surface area contributed by atoms with Crippen LogP contribution in [-0.4, -0.2) is 35.4 Å². The molecule has 0 radical (unpaired) electrons. The minimum absolute atomic E-state index is 0.185. The van der Waals surface area contributed by atoms with E-state index in [0.29, 0.717) is 0 Å². The number of thiazole rings is 1. The van der Waals surface area contributed by atoms with Crippen LogP contribution >= 0.6 is 11.3 Å². The second kappa shape index (κ2) is 8.33. The van der Waals surface area contributed by atoms with Crippen molar-refractivity contribution < 1.29 is 14.3 Å². The van der Waals surface area contributed by atoms with Gasteiger partial charge in [0.1, 0.15) is 5.01 Å². The minimum atomic E-state index is -0.377. The number of aromatic nitrogens is 1. The number of amides is 1. The van der Waals surface area contributed by atoms with Gasteiger partial charge in [-0.15, -0.1) is 11.3 Å². The van der Waals surface area contributed by atoms with Gasteiger partial charge in [0.25, 0.3) is 5.91 Å². The molecule has 4 rings (SSSR count). The molecule has 0 aliphatic heterocycles. The molecule has 5 nitrogen and oxygen atoms in total. The van der Waals surface area contributed by atoms with E-state index in [-0.39, 0.29) is 30.9 Å². The highest BCUT2D eigenvalue weighted by Gasteiger charge is 2.22. The van der Waals surface area contributed by atoms with Crippen LogP contribution in [0.3, 0.4) is 0 Å². The predicted molar refractivity (Wildman–Crippen MR) is 114 cm³/mol. The van der Waals surface area contributed by atoms with Crippen LogP contribution in [0, 0.1) is 0 Å². The van der Waals surface area contributed by atoms with Crippen molar-refractivity contribution >= 4 is 33.4 Å². The molecule has 1 atom stereocenters. The van der Waals surface area contributed by atoms with E-state index in [1.165, 1.54) is 17.5 Å². The first-order chi connectivity index (χ1) is 14.0. The Bertz CT molecular complexity index is 1030. The third-order valence-corrected chi connectivity index (χ3v) is 6.72. The second-order valence-corrected chi connectivity index (χ2v) is 8.56. The fourth-order valence-corrected chi connectivity index (χ4v) is 4.71. The van der Waals surface area contributed by atoms with E-state index in [2.05, 4.69) is 17.1 Å². The van der Waals surface area contributed by atoms with Gasteiger partial charge in [0.15, 0.2) is 6.61 Å². The van der Waals surface area contributed by atoms with E-state index in [0.717, 1.165) is 33.6 Å². The molecule has 1 heterocycles. The molecule has 0 saturated carbocycles. The average molecular weight is 409 g/mol. The van der Waals surface area contributed by atoms with Gasteiger partial charge in [-0.2, -0.15) is 0 Å². The Morgan fingerprint density at radius 2 is 1.97 bits per heavy atom. The van der Waals surface area contributed by atoms with Gasteiger partial charge in [-0.3, -0.25) is 9.59 Å². The standard InChI is InChI=1S/C23H24N2O3S/c1-15(23-24-19-8-3-4-9-20(19)29-23)25(2)21(26)14-28-22(27)13-16-10-11-17-6-5-7-18(17)12-16/h3-4,8-12,15H,5-7,13-14H2,1-2H3/t15-/m0/s1. The molecule has 1 aromatic heterocycles. The molecule has 6 heteroatoms. The number of esters is 1. The van der Waals surface area contributed by atoms with Gasteiger partial charge in [-0.25, -0.2) is 4.98 Å². The molecule has 1 amide bonds. The lowest BCUT2D eigenvalue weighted by Gasteiger charge is -2.23. The highest BCUT2D eigenvalue weighted by Crippen LogP contribution is 2.29. The van der Waals surface area contributed by atoms with Crippen molar-refractivity contribution in [3.8, 4) is 0 Å². The van der Waals surface area contributed by atoms with Crippen LogP contribution in [0.15, 0.2) is 42.5 Å². The Hall–Kier alpha value is -2.73. The van der Waals surface area contributed by atoms with Crippen molar-refractivity contribution in [2.45, 2.75) is 38.6 Å². The molecule has 2 aromatic carbocycles. The summed E-state index contributed by atoms with van der Waals surface area (Å²) in [6.45, 7) is 1.68. The van der Waals surface area contributed by atoms with Crippen molar-refractivity contribution in [1.82, 2.24) is 9.88 Å². The third-order valence-electron chi connectivity index (χ3n) is 5.51. The zero-order valence-corrected chi connectivity index (χ0v) is 17.5. The molecule has 0 N–H and O–H groups in total. The number of fused-ring (bicyclic) bond motifs is 2. The smallest absolute Gasteiger partial charge is 0.310 e. The van der Waals surface area contributed by atoms with Crippen molar-refractivity contribution in [2.75, 3.05) is 13.7 Å². The first-order valence-corrected chi connectivity index (χ1v) is 10.7. The van der Waals surface area contributed by atoms with Crippen molar-refractivity contribution in [3.63, 3.8) is 0 Å². The zero-order valence-electron chi connectivity index (χ0n) is 16.7. The number of para-hydroxylation sites is 1. The van der Waals surface area contributed by atoms with Crippen LogP contribution in [-0.2, 0) is 33.6 Å². The topological polar surface area (TPSA) is 59.5 Å². The number of nitrogens with zero attached hydrogens (tertiary/aromatic N) is 2. The first-order valence-electron chi connectivity index (χ1n) is 9.88. The highest BCUT2D eigenvalue weighted by atomic mass is 32.1. The van der Waals surface area contributed by atoms with E-state index in [9.17, 15) is 9.59 Å². The molecule has 0 fully saturated rings. The van der Waals surface area contributed by atoms with Crippen molar-refractivity contribution in [3.05, 3.63) is 64.2 Å². The number of rotatable bonds is 6. The Labute approximate surface area is 174 Å². The molecular weight excluding hydrogens is 384 g/mol. The molecular formula is C23H24N2O3S. The van der Waals surface area contributed by atoms with Gasteiger partial charge < -0.3 is 9.64 Å². The summed E-state index contributed by atoms with van der Waals surface area (Å²) in [6.07, 6.45) is 3.56. The van der Waals surface area contributed by atoms with Crippen LogP contribution in [0.4, 0.5) is 0 Å². The number of likely N-dealkylation sites (N-methyl/N-ethyl adjacent to an activating group) is 1. The maximum atomic E-state index is 12.5. The largest absolute Gasteiger partial charge is 0.455 e. The summed E-state index contributed by atoms with van der Waals surface area (Å²) in [6, 6.07) is 13.9. The molecule has 3 aromatic rings. The lowest BCUT2D eigenvalue weighted by atomic mass is 10.0. The summed E-state index contributed by atoms with van der Waals surface area (Å²) < 4.78 is 6.34. The molecule has 150 valence electrons. The lowest BCUT2D eigenvalue weighted by molar-refractivity contribution is -0.151. The number of aryl methyl sites for hydroxylation is 2. The van der Waals surface area contributed by atoms with Crippen molar-refractivity contribution in [1.29, 1.82) is 0 Å². The van der Waals surface area contributed by atoms with Gasteiger partial charge >= 0.3 is 5.97 Å². The minimum Gasteiger partial charge on any atom is -0.455 e. The summed E-state index contributed by atoms with van der Waals surface area (Å²) in [5.41, 5.74) is 4.58. The summed E-state index contributed by atoms with van der Waals surface area (Å²) in [5.74, 6) is -0.614. The molecule has 0 saturated heterocycles. The Morgan fingerprint density at radius 3 is 2.79 bits per heavy atom. The Morgan fingerprint density at radius 1 is 1.17 bits per heavy atom. The summed E-state index contributed by atoms with van der Waals surface area (Å²) in [5, 5.41) is 0.867. The van der Waals surface area contributed by atoms with E-state index < -0.39 is 0 Å². The van der Waals surface area contributed by atoms with Gasteiger partial charge in [-0.05, 0) is 55.0 Å². The number of hydrogen-bond acceptors (Lipinski definition) is 5. The highest BCUT2D eigenvalue weighted by molar-refractivity contribution is 7.18. The zero-order chi connectivity index (χ0) is 20.4. The monoisotopic (exact) mass is 408 g/mol. The molecule has 0 unspecified atom stereocenters. The quantitative estimate of drug-likeness (QED) is 0.577. The summed E-state index contributed by atoms with van der Waals surface area (Å²) >= 11 is 1.57. The number of carbonyl (C=O) groups is 2.